The molecule has 19 heavy (non-hydrogen) atoms. The Hall–Kier alpha value is -1.74. The number of carboxylic acids is 1. The van der Waals surface area contributed by atoms with Crippen molar-refractivity contribution in [2.75, 3.05) is 0 Å². The summed E-state index contributed by atoms with van der Waals surface area (Å²) in [5.74, 6) is -3.92. The Balaban J connectivity index is 5.85. The summed E-state index contributed by atoms with van der Waals surface area (Å²) < 4.78 is 79.1. The van der Waals surface area contributed by atoms with Gasteiger partial charge in [-0.2, -0.15) is 26.3 Å². The van der Waals surface area contributed by atoms with Crippen LogP contribution in [0.25, 0.3) is 0 Å². The second-order valence-electron chi connectivity index (χ2n) is 3.50. The minimum atomic E-state index is -6.05. The number of ether oxygens (including phenoxy) is 1. The number of carbonyl (C=O) groups is 2. The smallest absolute Gasteiger partial charge is 0.437 e. The summed E-state index contributed by atoms with van der Waals surface area (Å²) >= 11 is 0. The van der Waals surface area contributed by atoms with Crippen LogP contribution in [0.15, 0.2) is 12.2 Å². The molecule has 0 aliphatic heterocycles. The number of hydrogen-bond donors (Lipinski definition) is 1. The van der Waals surface area contributed by atoms with Gasteiger partial charge in [-0.1, -0.05) is 6.58 Å². The Kier molecular flexibility index (Phi) is 4.63. The van der Waals surface area contributed by atoms with Crippen LogP contribution in [0.4, 0.5) is 26.3 Å². The molecule has 0 aromatic carbocycles. The van der Waals surface area contributed by atoms with Crippen molar-refractivity contribution in [1.29, 1.82) is 0 Å². The highest BCUT2D eigenvalue weighted by Gasteiger charge is 2.74. The van der Waals surface area contributed by atoms with E-state index in [0.717, 1.165) is 0 Å². The third-order valence-corrected chi connectivity index (χ3v) is 2.00. The van der Waals surface area contributed by atoms with Crippen molar-refractivity contribution in [1.82, 2.24) is 0 Å². The summed E-state index contributed by atoms with van der Waals surface area (Å²) in [6.07, 6.45) is -14.2. The highest BCUT2D eigenvalue weighted by atomic mass is 19.4. The van der Waals surface area contributed by atoms with Crippen molar-refractivity contribution in [2.24, 2.45) is 0 Å². The van der Waals surface area contributed by atoms with Gasteiger partial charge in [0.05, 0.1) is 0 Å². The fourth-order valence-electron chi connectivity index (χ4n) is 1.13. The number of halogens is 6. The van der Waals surface area contributed by atoms with E-state index in [9.17, 15) is 35.9 Å². The molecule has 0 saturated carbocycles. The molecule has 1 N–H and O–H groups in total. The largest absolute Gasteiger partial charge is 0.478 e. The predicted octanol–water partition coefficient (Wildman–Crippen LogP) is 2.44. The Morgan fingerprint density at radius 2 is 1.47 bits per heavy atom. The maximum absolute atomic E-state index is 12.6. The number of alkyl halides is 6. The summed E-state index contributed by atoms with van der Waals surface area (Å²) in [6.45, 7) is 2.93. The fourth-order valence-corrected chi connectivity index (χ4v) is 1.13. The van der Waals surface area contributed by atoms with E-state index in [1.54, 1.807) is 0 Å². The molecule has 0 aromatic heterocycles. The monoisotopic (exact) mass is 294 g/mol. The molecule has 110 valence electrons. The van der Waals surface area contributed by atoms with Crippen molar-refractivity contribution in [3.05, 3.63) is 12.2 Å². The zero-order valence-electron chi connectivity index (χ0n) is 9.35. The van der Waals surface area contributed by atoms with E-state index in [-0.39, 0.29) is 0 Å². The molecule has 0 heterocycles. The van der Waals surface area contributed by atoms with Crippen LogP contribution in [0, 0.1) is 0 Å². The highest BCUT2D eigenvalue weighted by molar-refractivity contribution is 5.86. The van der Waals surface area contributed by atoms with Crippen LogP contribution in [0.5, 0.6) is 0 Å². The molecule has 10 heteroatoms. The Morgan fingerprint density at radius 3 is 1.68 bits per heavy atom. The first-order valence-corrected chi connectivity index (χ1v) is 4.48. The second-order valence-corrected chi connectivity index (χ2v) is 3.50. The van der Waals surface area contributed by atoms with Gasteiger partial charge >= 0.3 is 29.9 Å². The number of aliphatic carboxylic acids is 1. The average Bonchev–Trinajstić information content (AvgIpc) is 2.11. The second kappa shape index (κ2) is 5.10. The molecule has 0 aromatic rings. The molecule has 0 aliphatic carbocycles. The molecule has 0 atom stereocenters. The first kappa shape index (κ1) is 17.3. The SMILES string of the molecule is C=C(CC(OC(C)=O)(C(F)(F)F)C(F)(F)F)C(=O)O. The highest BCUT2D eigenvalue weighted by Crippen LogP contribution is 2.49. The van der Waals surface area contributed by atoms with E-state index >= 15 is 0 Å². The molecule has 0 saturated heterocycles. The molecular weight excluding hydrogens is 286 g/mol. The van der Waals surface area contributed by atoms with E-state index < -0.39 is 41.9 Å². The lowest BCUT2D eigenvalue weighted by Gasteiger charge is -2.36. The van der Waals surface area contributed by atoms with E-state index in [1.807, 2.05) is 0 Å². The number of rotatable bonds is 4. The molecule has 0 bridgehead atoms. The van der Waals surface area contributed by atoms with Crippen LogP contribution < -0.4 is 0 Å². The van der Waals surface area contributed by atoms with Gasteiger partial charge in [0.2, 0.25) is 0 Å². The van der Waals surface area contributed by atoms with Crippen molar-refractivity contribution in [3.8, 4) is 0 Å². The van der Waals surface area contributed by atoms with Crippen LogP contribution in [-0.4, -0.2) is 35.0 Å². The minimum absolute atomic E-state index is 0.343. The number of carbonyl (C=O) groups excluding carboxylic acids is 1. The van der Waals surface area contributed by atoms with Crippen molar-refractivity contribution < 1.29 is 45.8 Å². The summed E-state index contributed by atoms with van der Waals surface area (Å²) in [6, 6.07) is 0. The van der Waals surface area contributed by atoms with Gasteiger partial charge in [-0.3, -0.25) is 4.79 Å². The van der Waals surface area contributed by atoms with Gasteiger partial charge in [0, 0.05) is 18.9 Å². The molecule has 0 amide bonds. The molecule has 0 unspecified atom stereocenters. The van der Waals surface area contributed by atoms with Gasteiger partial charge in [0.1, 0.15) is 0 Å². The molecule has 0 aliphatic rings. The van der Waals surface area contributed by atoms with Gasteiger partial charge in [-0.25, -0.2) is 4.79 Å². The van der Waals surface area contributed by atoms with Crippen LogP contribution in [-0.2, 0) is 14.3 Å². The van der Waals surface area contributed by atoms with Gasteiger partial charge in [0.25, 0.3) is 0 Å². The lowest BCUT2D eigenvalue weighted by Crippen LogP contribution is -2.59. The Bertz CT molecular complexity index is 380. The Morgan fingerprint density at radius 1 is 1.11 bits per heavy atom. The molecular formula is C9H8F6O4. The van der Waals surface area contributed by atoms with Gasteiger partial charge in [0.15, 0.2) is 0 Å². The maximum Gasteiger partial charge on any atom is 0.437 e. The zero-order valence-corrected chi connectivity index (χ0v) is 9.35. The predicted molar refractivity (Wildman–Crippen MR) is 48.0 cm³/mol. The maximum atomic E-state index is 12.6. The van der Waals surface area contributed by atoms with Gasteiger partial charge in [-0.15, -0.1) is 0 Å². The fraction of sp³-hybridized carbons (Fsp3) is 0.556. The molecule has 0 spiro atoms. The van der Waals surface area contributed by atoms with Gasteiger partial charge < -0.3 is 9.84 Å². The summed E-state index contributed by atoms with van der Waals surface area (Å²) in [4.78, 5) is 20.8. The number of carboxylic acid groups (broad SMARTS) is 1. The summed E-state index contributed by atoms with van der Waals surface area (Å²) in [5.41, 5.74) is -6.32. The lowest BCUT2D eigenvalue weighted by molar-refractivity contribution is -0.368. The van der Waals surface area contributed by atoms with Crippen molar-refractivity contribution in [2.45, 2.75) is 31.3 Å². The lowest BCUT2D eigenvalue weighted by atomic mass is 9.93. The van der Waals surface area contributed by atoms with Crippen LogP contribution in [0.1, 0.15) is 13.3 Å². The standard InChI is InChI=1S/C9H8F6O4/c1-4(6(17)18)3-7(8(10,11)12,9(13,14)15)19-5(2)16/h1,3H2,2H3,(H,17,18). The van der Waals surface area contributed by atoms with Crippen molar-refractivity contribution >= 4 is 11.9 Å². The summed E-state index contributed by atoms with van der Waals surface area (Å²) in [7, 11) is 0. The first-order chi connectivity index (χ1) is 8.24. The zero-order chi connectivity index (χ0) is 15.6. The molecule has 0 rings (SSSR count). The van der Waals surface area contributed by atoms with E-state index in [4.69, 9.17) is 5.11 Å². The number of esters is 1. The Labute approximate surface area is 102 Å². The number of hydrogen-bond acceptors (Lipinski definition) is 3. The minimum Gasteiger partial charge on any atom is -0.478 e. The van der Waals surface area contributed by atoms with E-state index in [2.05, 4.69) is 11.3 Å². The topological polar surface area (TPSA) is 63.6 Å². The average molecular weight is 294 g/mol. The third kappa shape index (κ3) is 3.61. The van der Waals surface area contributed by atoms with Crippen LogP contribution in [0.3, 0.4) is 0 Å². The van der Waals surface area contributed by atoms with Crippen LogP contribution >= 0.6 is 0 Å². The normalized spacial score (nSPS) is 13.0. The van der Waals surface area contributed by atoms with Crippen molar-refractivity contribution in [3.63, 3.8) is 0 Å². The third-order valence-electron chi connectivity index (χ3n) is 2.00. The summed E-state index contributed by atoms with van der Waals surface area (Å²) in [5, 5.41) is 8.34. The van der Waals surface area contributed by atoms with E-state index in [1.165, 1.54) is 0 Å². The van der Waals surface area contributed by atoms with E-state index in [0.29, 0.717) is 6.92 Å². The quantitative estimate of drug-likeness (QED) is 0.491. The molecule has 0 fully saturated rings. The molecule has 4 nitrogen and oxygen atoms in total. The molecule has 0 radical (unpaired) electrons. The van der Waals surface area contributed by atoms with Gasteiger partial charge in [-0.05, 0) is 0 Å². The van der Waals surface area contributed by atoms with Crippen LogP contribution in [0.2, 0.25) is 0 Å². The first-order valence-electron chi connectivity index (χ1n) is 4.48.